The third kappa shape index (κ3) is 5.18. The van der Waals surface area contributed by atoms with E-state index in [1.807, 2.05) is 21.6 Å². The van der Waals surface area contributed by atoms with Crippen LogP contribution in [0.5, 0.6) is 0 Å². The molecule has 1 amide bonds. The van der Waals surface area contributed by atoms with Gasteiger partial charge in [-0.3, -0.25) is 4.79 Å². The van der Waals surface area contributed by atoms with Gasteiger partial charge in [-0.25, -0.2) is 0 Å². The van der Waals surface area contributed by atoms with E-state index in [0.29, 0.717) is 24.2 Å². The highest BCUT2D eigenvalue weighted by Gasteiger charge is 2.30. The number of rotatable bonds is 8. The molecular formula is C19H29N3O2S2. The van der Waals surface area contributed by atoms with Gasteiger partial charge in [0, 0.05) is 42.9 Å². The second kappa shape index (κ2) is 9.00. The summed E-state index contributed by atoms with van der Waals surface area (Å²) in [5.74, 6) is 4.30. The predicted molar refractivity (Wildman–Crippen MR) is 106 cm³/mol. The summed E-state index contributed by atoms with van der Waals surface area (Å²) in [6, 6.07) is 0. The van der Waals surface area contributed by atoms with E-state index >= 15 is 0 Å². The molecule has 1 aromatic rings. The standard InChI is InChI=1S/C19H29N3O2S2/c23-18(6-2-1-5-16-9-11-25-26-16)22-10-3-4-14(13-22)12-17-20-19(21-24-17)15-7-8-15/h14-16H,1-13H2/t14-,16+/m0/s1. The van der Waals surface area contributed by atoms with Crippen molar-refractivity contribution < 1.29 is 9.32 Å². The first-order valence-electron chi connectivity index (χ1n) is 10.2. The number of nitrogens with zero attached hydrogens (tertiary/aromatic N) is 3. The summed E-state index contributed by atoms with van der Waals surface area (Å²) in [6.07, 6.45) is 11.0. The fraction of sp³-hybridized carbons (Fsp3) is 0.842. The minimum atomic E-state index is 0.340. The summed E-state index contributed by atoms with van der Waals surface area (Å²) in [7, 11) is 4.04. The normalized spacial score (nSPS) is 26.4. The number of unbranched alkanes of at least 4 members (excludes halogenated alkanes) is 1. The van der Waals surface area contributed by atoms with Crippen molar-refractivity contribution >= 4 is 27.5 Å². The number of amides is 1. The summed E-state index contributed by atoms with van der Waals surface area (Å²) < 4.78 is 5.42. The molecule has 1 aromatic heterocycles. The average Bonchev–Trinajstić information content (AvgIpc) is 3.17. The number of aromatic nitrogens is 2. The fourth-order valence-electron chi connectivity index (χ4n) is 3.93. The number of likely N-dealkylation sites (tertiary alicyclic amines) is 1. The van der Waals surface area contributed by atoms with E-state index in [-0.39, 0.29) is 0 Å². The Morgan fingerprint density at radius 1 is 1.23 bits per heavy atom. The van der Waals surface area contributed by atoms with Crippen LogP contribution < -0.4 is 0 Å². The molecule has 26 heavy (non-hydrogen) atoms. The Hall–Kier alpha value is -0.690. The summed E-state index contributed by atoms with van der Waals surface area (Å²) in [6.45, 7) is 1.77. The molecule has 0 radical (unpaired) electrons. The van der Waals surface area contributed by atoms with E-state index in [1.54, 1.807) is 0 Å². The number of carbonyl (C=O) groups is 1. The SMILES string of the molecule is O=C(CCCC[C@@H]1CCSS1)N1CCC[C@@H](Cc2nc(C3CC3)no2)C1. The minimum Gasteiger partial charge on any atom is -0.342 e. The molecule has 0 aromatic carbocycles. The van der Waals surface area contributed by atoms with Crippen LogP contribution in [0.4, 0.5) is 0 Å². The topological polar surface area (TPSA) is 59.2 Å². The van der Waals surface area contributed by atoms with Crippen molar-refractivity contribution in [1.82, 2.24) is 15.0 Å². The van der Waals surface area contributed by atoms with Gasteiger partial charge in [0.2, 0.25) is 11.8 Å². The van der Waals surface area contributed by atoms with Crippen molar-refractivity contribution in [2.24, 2.45) is 5.92 Å². The van der Waals surface area contributed by atoms with E-state index < -0.39 is 0 Å². The summed E-state index contributed by atoms with van der Waals surface area (Å²) in [5, 5.41) is 4.93. The van der Waals surface area contributed by atoms with Crippen LogP contribution in [0.3, 0.4) is 0 Å². The molecule has 1 saturated carbocycles. The molecule has 0 spiro atoms. The quantitative estimate of drug-likeness (QED) is 0.479. The van der Waals surface area contributed by atoms with Gasteiger partial charge in [0.1, 0.15) is 0 Å². The third-order valence-corrected chi connectivity index (χ3v) is 8.66. The molecule has 4 rings (SSSR count). The molecule has 2 atom stereocenters. The van der Waals surface area contributed by atoms with Crippen molar-refractivity contribution in [1.29, 1.82) is 0 Å². The first-order chi connectivity index (χ1) is 12.8. The number of piperidine rings is 1. The lowest BCUT2D eigenvalue weighted by Gasteiger charge is -2.32. The first-order valence-corrected chi connectivity index (χ1v) is 12.5. The predicted octanol–water partition coefficient (Wildman–Crippen LogP) is 4.44. The molecule has 2 aliphatic heterocycles. The van der Waals surface area contributed by atoms with E-state index in [4.69, 9.17) is 4.52 Å². The molecule has 3 aliphatic rings. The Bertz CT molecular complexity index is 599. The minimum absolute atomic E-state index is 0.340. The smallest absolute Gasteiger partial charge is 0.226 e. The van der Waals surface area contributed by atoms with Gasteiger partial charge in [-0.15, -0.1) is 0 Å². The molecule has 144 valence electrons. The molecule has 0 unspecified atom stereocenters. The van der Waals surface area contributed by atoms with E-state index in [9.17, 15) is 4.79 Å². The maximum absolute atomic E-state index is 12.6. The molecule has 2 saturated heterocycles. The second-order valence-electron chi connectivity index (χ2n) is 7.95. The van der Waals surface area contributed by atoms with E-state index in [0.717, 1.165) is 55.7 Å². The zero-order valence-electron chi connectivity index (χ0n) is 15.4. The molecule has 7 heteroatoms. The largest absolute Gasteiger partial charge is 0.342 e. The van der Waals surface area contributed by atoms with Crippen LogP contribution in [-0.2, 0) is 11.2 Å². The lowest BCUT2D eigenvalue weighted by molar-refractivity contribution is -0.133. The maximum atomic E-state index is 12.6. The van der Waals surface area contributed by atoms with Crippen LogP contribution >= 0.6 is 21.6 Å². The highest BCUT2D eigenvalue weighted by molar-refractivity contribution is 8.77. The Balaban J connectivity index is 1.17. The van der Waals surface area contributed by atoms with Crippen LogP contribution in [-0.4, -0.2) is 45.0 Å². The molecule has 0 bridgehead atoms. The van der Waals surface area contributed by atoms with Gasteiger partial charge in [0.15, 0.2) is 5.82 Å². The highest BCUT2D eigenvalue weighted by atomic mass is 33.1. The van der Waals surface area contributed by atoms with Gasteiger partial charge in [-0.2, -0.15) is 4.98 Å². The van der Waals surface area contributed by atoms with Crippen LogP contribution in [0.1, 0.15) is 75.4 Å². The number of carbonyl (C=O) groups excluding carboxylic acids is 1. The zero-order valence-corrected chi connectivity index (χ0v) is 17.0. The van der Waals surface area contributed by atoms with Crippen LogP contribution in [0.15, 0.2) is 4.52 Å². The summed E-state index contributed by atoms with van der Waals surface area (Å²) in [4.78, 5) is 19.2. The zero-order chi connectivity index (χ0) is 17.8. The van der Waals surface area contributed by atoms with Gasteiger partial charge >= 0.3 is 0 Å². The summed E-state index contributed by atoms with van der Waals surface area (Å²) >= 11 is 0. The fourth-order valence-corrected chi connectivity index (χ4v) is 6.96. The summed E-state index contributed by atoms with van der Waals surface area (Å²) in [5.41, 5.74) is 0. The van der Waals surface area contributed by atoms with Gasteiger partial charge in [-0.05, 0) is 50.9 Å². The second-order valence-corrected chi connectivity index (χ2v) is 10.7. The monoisotopic (exact) mass is 395 g/mol. The molecule has 1 aliphatic carbocycles. The molecule has 3 heterocycles. The Kier molecular flexibility index (Phi) is 6.46. The van der Waals surface area contributed by atoms with Gasteiger partial charge < -0.3 is 9.42 Å². The third-order valence-electron chi connectivity index (χ3n) is 5.66. The molecule has 3 fully saturated rings. The highest BCUT2D eigenvalue weighted by Crippen LogP contribution is 2.40. The Morgan fingerprint density at radius 2 is 2.15 bits per heavy atom. The van der Waals surface area contributed by atoms with Crippen molar-refractivity contribution in [3.8, 4) is 0 Å². The van der Waals surface area contributed by atoms with Crippen molar-refractivity contribution in [2.45, 2.75) is 75.4 Å². The van der Waals surface area contributed by atoms with Crippen molar-refractivity contribution in [2.75, 3.05) is 18.8 Å². The number of hydrogen-bond acceptors (Lipinski definition) is 6. The van der Waals surface area contributed by atoms with E-state index in [2.05, 4.69) is 15.0 Å². The maximum Gasteiger partial charge on any atom is 0.226 e. The van der Waals surface area contributed by atoms with Gasteiger partial charge in [0.05, 0.1) is 0 Å². The average molecular weight is 396 g/mol. The Morgan fingerprint density at radius 3 is 2.96 bits per heavy atom. The lowest BCUT2D eigenvalue weighted by atomic mass is 9.94. The Labute approximate surface area is 163 Å². The van der Waals surface area contributed by atoms with Crippen LogP contribution in [0, 0.1) is 5.92 Å². The molecule has 5 nitrogen and oxygen atoms in total. The van der Waals surface area contributed by atoms with Crippen LogP contribution in [0.25, 0.3) is 0 Å². The van der Waals surface area contributed by atoms with E-state index in [1.165, 1.54) is 37.9 Å². The van der Waals surface area contributed by atoms with Crippen molar-refractivity contribution in [3.63, 3.8) is 0 Å². The van der Waals surface area contributed by atoms with Gasteiger partial charge in [0.25, 0.3) is 0 Å². The first kappa shape index (κ1) is 18.7. The number of hydrogen-bond donors (Lipinski definition) is 0. The van der Waals surface area contributed by atoms with Gasteiger partial charge in [-0.1, -0.05) is 33.2 Å². The lowest BCUT2D eigenvalue weighted by Crippen LogP contribution is -2.40. The van der Waals surface area contributed by atoms with Crippen molar-refractivity contribution in [3.05, 3.63) is 11.7 Å². The van der Waals surface area contributed by atoms with Crippen LogP contribution in [0.2, 0.25) is 0 Å². The molecular weight excluding hydrogens is 366 g/mol. The molecule has 0 N–H and O–H groups in total.